The Hall–Kier alpha value is -2.12. The molecular weight excluding hydrogens is 265 g/mol. The van der Waals surface area contributed by atoms with Crippen LogP contribution in [0.1, 0.15) is 5.56 Å². The molecule has 2 aliphatic rings. The van der Waals surface area contributed by atoms with Gasteiger partial charge >= 0.3 is 0 Å². The van der Waals surface area contributed by atoms with Gasteiger partial charge in [-0.1, -0.05) is 12.1 Å². The topological polar surface area (TPSA) is 101 Å². The van der Waals surface area contributed by atoms with E-state index in [1.807, 2.05) is 0 Å². The molecule has 0 radical (unpaired) electrons. The lowest BCUT2D eigenvalue weighted by molar-refractivity contribution is -0.160. The van der Waals surface area contributed by atoms with E-state index in [0.29, 0.717) is 0 Å². The second-order valence-corrected chi connectivity index (χ2v) is 4.97. The second-order valence-electron chi connectivity index (χ2n) is 4.97. The van der Waals surface area contributed by atoms with Crippen LogP contribution in [0.25, 0.3) is 0 Å². The molecule has 2 fully saturated rings. The fraction of sp³-hybridized carbons (Fsp3) is 0.308. The van der Waals surface area contributed by atoms with Gasteiger partial charge in [0.1, 0.15) is 5.82 Å². The van der Waals surface area contributed by atoms with Crippen molar-refractivity contribution >= 4 is 17.5 Å². The number of nitrogens with one attached hydrogen (secondary N) is 2. The number of rotatable bonds is 2. The molecule has 4 N–H and O–H groups in total. The number of amides is 1. The number of benzene rings is 1. The Morgan fingerprint density at radius 1 is 1.30 bits per heavy atom. The van der Waals surface area contributed by atoms with Crippen LogP contribution in [0.5, 0.6) is 0 Å². The molecule has 0 atom stereocenters. The van der Waals surface area contributed by atoms with E-state index in [9.17, 15) is 18.8 Å². The van der Waals surface area contributed by atoms with Crippen LogP contribution in [0.3, 0.4) is 0 Å². The second kappa shape index (κ2) is 3.94. The molecule has 20 heavy (non-hydrogen) atoms. The minimum absolute atomic E-state index is 0.0145. The zero-order chi connectivity index (χ0) is 14.5. The van der Waals surface area contributed by atoms with Crippen molar-refractivity contribution in [1.29, 1.82) is 0 Å². The summed E-state index contributed by atoms with van der Waals surface area (Å²) in [6.07, 6.45) is 0. The van der Waals surface area contributed by atoms with Crippen molar-refractivity contribution in [2.24, 2.45) is 5.73 Å². The van der Waals surface area contributed by atoms with Crippen molar-refractivity contribution in [1.82, 2.24) is 10.6 Å². The molecule has 1 saturated heterocycles. The summed E-state index contributed by atoms with van der Waals surface area (Å²) in [4.78, 5) is 36.8. The lowest BCUT2D eigenvalue weighted by atomic mass is 9.52. The molecular formula is C13H12FN3O3. The first-order valence-corrected chi connectivity index (χ1v) is 6.08. The van der Waals surface area contributed by atoms with Gasteiger partial charge in [0, 0.05) is 13.2 Å². The number of carbonyl (C=O) groups excluding carboxylic acids is 3. The Labute approximate surface area is 113 Å². The monoisotopic (exact) mass is 277 g/mol. The molecule has 6 nitrogen and oxygen atoms in total. The van der Waals surface area contributed by atoms with E-state index < -0.39 is 34.2 Å². The van der Waals surface area contributed by atoms with Crippen LogP contribution in [-0.4, -0.2) is 36.2 Å². The quantitative estimate of drug-likeness (QED) is 0.577. The summed E-state index contributed by atoms with van der Waals surface area (Å²) in [6.45, 7) is 0.393. The predicted octanol–water partition coefficient (Wildman–Crippen LogP) is -1.41. The number of hydrogen-bond acceptors (Lipinski definition) is 5. The summed E-state index contributed by atoms with van der Waals surface area (Å²) in [7, 11) is 0. The van der Waals surface area contributed by atoms with Crippen LogP contribution in [-0.2, 0) is 19.8 Å². The summed E-state index contributed by atoms with van der Waals surface area (Å²) in [5.74, 6) is -2.96. The number of primary amides is 1. The number of ketones is 2. The Morgan fingerprint density at radius 2 is 2.00 bits per heavy atom. The fourth-order valence-corrected chi connectivity index (χ4v) is 2.98. The van der Waals surface area contributed by atoms with Gasteiger partial charge in [-0.2, -0.15) is 0 Å². The molecule has 0 aromatic heterocycles. The zero-order valence-corrected chi connectivity index (χ0v) is 10.4. The van der Waals surface area contributed by atoms with Crippen LogP contribution < -0.4 is 16.4 Å². The first kappa shape index (κ1) is 12.9. The molecule has 1 aromatic rings. The number of nitrogens with two attached hydrogens (primary N) is 1. The number of hydrogen-bond donors (Lipinski definition) is 3. The van der Waals surface area contributed by atoms with E-state index in [0.717, 1.165) is 12.1 Å². The summed E-state index contributed by atoms with van der Waals surface area (Å²) in [5, 5.41) is 5.59. The highest BCUT2D eigenvalue weighted by Gasteiger charge is 2.76. The number of halogens is 1. The molecule has 3 rings (SSSR count). The molecule has 1 amide bonds. The van der Waals surface area contributed by atoms with Gasteiger partial charge in [-0.3, -0.25) is 19.7 Å². The van der Waals surface area contributed by atoms with Crippen LogP contribution >= 0.6 is 0 Å². The minimum atomic E-state index is -2.08. The van der Waals surface area contributed by atoms with Gasteiger partial charge in [0.05, 0.1) is 0 Å². The van der Waals surface area contributed by atoms with Crippen molar-refractivity contribution in [3.05, 3.63) is 35.6 Å². The Bertz CT molecular complexity index is 620. The van der Waals surface area contributed by atoms with Crippen LogP contribution in [0.4, 0.5) is 4.39 Å². The largest absolute Gasteiger partial charge is 0.368 e. The van der Waals surface area contributed by atoms with Gasteiger partial charge < -0.3 is 11.1 Å². The highest BCUT2D eigenvalue weighted by atomic mass is 19.1. The standard InChI is InChI=1S/C13H12FN3O3/c14-8-3-1-2-7(4-8)13(11(15)20)9(18)12(10(13)19)5-16-6-17-12/h1-4,16-17H,5-6H2,(H2,15,20). The van der Waals surface area contributed by atoms with Crippen molar-refractivity contribution in [2.45, 2.75) is 11.0 Å². The molecule has 1 saturated carbocycles. The molecule has 7 heteroatoms. The van der Waals surface area contributed by atoms with E-state index in [-0.39, 0.29) is 18.8 Å². The summed E-state index contributed by atoms with van der Waals surface area (Å²) < 4.78 is 13.3. The highest BCUT2D eigenvalue weighted by Crippen LogP contribution is 2.44. The lowest BCUT2D eigenvalue weighted by Crippen LogP contribution is -2.82. The third-order valence-electron chi connectivity index (χ3n) is 3.99. The first-order valence-electron chi connectivity index (χ1n) is 6.08. The molecule has 0 bridgehead atoms. The molecule has 1 aliphatic heterocycles. The van der Waals surface area contributed by atoms with E-state index in [2.05, 4.69) is 10.6 Å². The van der Waals surface area contributed by atoms with Gasteiger partial charge in [-0.15, -0.1) is 0 Å². The smallest absolute Gasteiger partial charge is 0.243 e. The Morgan fingerprint density at radius 3 is 2.50 bits per heavy atom. The average Bonchev–Trinajstić information content (AvgIpc) is 2.90. The van der Waals surface area contributed by atoms with Crippen molar-refractivity contribution in [3.63, 3.8) is 0 Å². The highest BCUT2D eigenvalue weighted by molar-refractivity contribution is 6.48. The number of Topliss-reactive ketones (excluding diaryl/α,β-unsaturated/α-hetero) is 2. The normalized spacial score (nSPS) is 32.5. The van der Waals surface area contributed by atoms with Gasteiger partial charge in [0.2, 0.25) is 5.91 Å². The van der Waals surface area contributed by atoms with E-state index in [1.54, 1.807) is 0 Å². The van der Waals surface area contributed by atoms with E-state index >= 15 is 0 Å². The Kier molecular flexibility index (Phi) is 2.54. The van der Waals surface area contributed by atoms with Crippen LogP contribution in [0.2, 0.25) is 0 Å². The third-order valence-corrected chi connectivity index (χ3v) is 3.99. The maximum atomic E-state index is 13.3. The van der Waals surface area contributed by atoms with Gasteiger partial charge in [-0.25, -0.2) is 4.39 Å². The summed E-state index contributed by atoms with van der Waals surface area (Å²) >= 11 is 0. The molecule has 1 aliphatic carbocycles. The van der Waals surface area contributed by atoms with Gasteiger partial charge in [0.15, 0.2) is 22.5 Å². The third kappa shape index (κ3) is 1.26. The summed E-state index contributed by atoms with van der Waals surface area (Å²) in [5.41, 5.74) is 1.78. The minimum Gasteiger partial charge on any atom is -0.368 e. The van der Waals surface area contributed by atoms with Crippen molar-refractivity contribution < 1.29 is 18.8 Å². The number of carbonyl (C=O) groups is 3. The maximum absolute atomic E-state index is 13.3. The average molecular weight is 277 g/mol. The zero-order valence-electron chi connectivity index (χ0n) is 10.4. The molecule has 1 aromatic carbocycles. The first-order chi connectivity index (χ1) is 9.46. The van der Waals surface area contributed by atoms with Crippen LogP contribution in [0, 0.1) is 5.82 Å². The van der Waals surface area contributed by atoms with E-state index in [1.165, 1.54) is 12.1 Å². The fourth-order valence-electron chi connectivity index (χ4n) is 2.98. The molecule has 104 valence electrons. The molecule has 1 heterocycles. The molecule has 1 spiro atoms. The molecule has 0 unspecified atom stereocenters. The van der Waals surface area contributed by atoms with Crippen LogP contribution in [0.15, 0.2) is 24.3 Å². The van der Waals surface area contributed by atoms with Crippen molar-refractivity contribution in [3.8, 4) is 0 Å². The Balaban J connectivity index is 2.15. The lowest BCUT2D eigenvalue weighted by Gasteiger charge is -2.48. The summed E-state index contributed by atoms with van der Waals surface area (Å²) in [6, 6.07) is 4.85. The van der Waals surface area contributed by atoms with Gasteiger partial charge in [-0.05, 0) is 17.7 Å². The van der Waals surface area contributed by atoms with Crippen molar-refractivity contribution in [2.75, 3.05) is 13.2 Å². The van der Waals surface area contributed by atoms with Gasteiger partial charge in [0.25, 0.3) is 0 Å². The SMILES string of the molecule is NC(=O)C1(c2cccc(F)c2)C(=O)C2(CNCN2)C1=O. The van der Waals surface area contributed by atoms with E-state index in [4.69, 9.17) is 5.73 Å². The predicted molar refractivity (Wildman–Crippen MR) is 66.0 cm³/mol. The maximum Gasteiger partial charge on any atom is 0.243 e.